The molecule has 2 aromatic rings. The molecule has 0 aliphatic carbocycles. The number of urea groups is 1. The van der Waals surface area contributed by atoms with Crippen LogP contribution >= 0.6 is 0 Å². The number of nitrogens with zero attached hydrogens (tertiary/aromatic N) is 2. The van der Waals surface area contributed by atoms with Gasteiger partial charge in [-0.15, -0.1) is 0 Å². The standard InChI is InChI=1S/C19H19N3O4/c1-3-19(2)17(23)22(18(24)21-19)15-5-4-6-16(20-15)26-13-8-7-12-9-10-25-14(12)11-13/h4-8,11H,3,9-10H2,1-2H3,(H,21,24). The Morgan fingerprint density at radius 1 is 1.31 bits per heavy atom. The van der Waals surface area contributed by atoms with E-state index in [1.54, 1.807) is 25.1 Å². The van der Waals surface area contributed by atoms with Crippen molar-refractivity contribution in [2.75, 3.05) is 11.5 Å². The van der Waals surface area contributed by atoms with Gasteiger partial charge in [0, 0.05) is 18.6 Å². The molecular weight excluding hydrogens is 334 g/mol. The monoisotopic (exact) mass is 353 g/mol. The zero-order valence-corrected chi connectivity index (χ0v) is 14.6. The Morgan fingerprint density at radius 3 is 2.92 bits per heavy atom. The normalized spacial score (nSPS) is 21.4. The van der Waals surface area contributed by atoms with E-state index >= 15 is 0 Å². The van der Waals surface area contributed by atoms with E-state index in [2.05, 4.69) is 10.3 Å². The fraction of sp³-hybridized carbons (Fsp3) is 0.316. The summed E-state index contributed by atoms with van der Waals surface area (Å²) in [6.07, 6.45) is 1.39. The predicted molar refractivity (Wildman–Crippen MR) is 94.7 cm³/mol. The van der Waals surface area contributed by atoms with E-state index in [1.165, 1.54) is 0 Å². The van der Waals surface area contributed by atoms with Gasteiger partial charge in [0.25, 0.3) is 5.91 Å². The number of pyridine rings is 1. The zero-order valence-electron chi connectivity index (χ0n) is 14.6. The van der Waals surface area contributed by atoms with Gasteiger partial charge in [-0.2, -0.15) is 4.98 Å². The smallest absolute Gasteiger partial charge is 0.330 e. The van der Waals surface area contributed by atoms with Gasteiger partial charge in [0.2, 0.25) is 5.88 Å². The highest BCUT2D eigenvalue weighted by atomic mass is 16.5. The molecule has 3 heterocycles. The third kappa shape index (κ3) is 2.65. The van der Waals surface area contributed by atoms with Crippen molar-refractivity contribution in [2.45, 2.75) is 32.2 Å². The average molecular weight is 353 g/mol. The molecule has 0 spiro atoms. The van der Waals surface area contributed by atoms with Crippen molar-refractivity contribution in [2.24, 2.45) is 0 Å². The van der Waals surface area contributed by atoms with Gasteiger partial charge < -0.3 is 14.8 Å². The Hall–Kier alpha value is -3.09. The number of hydrogen-bond donors (Lipinski definition) is 1. The van der Waals surface area contributed by atoms with Crippen LogP contribution < -0.4 is 19.7 Å². The minimum Gasteiger partial charge on any atom is -0.493 e. The second-order valence-corrected chi connectivity index (χ2v) is 6.56. The molecule has 3 amide bonds. The van der Waals surface area contributed by atoms with Gasteiger partial charge in [0.1, 0.15) is 22.9 Å². The minimum absolute atomic E-state index is 0.236. The van der Waals surface area contributed by atoms with Crippen molar-refractivity contribution in [1.82, 2.24) is 10.3 Å². The molecule has 7 heteroatoms. The molecule has 7 nitrogen and oxygen atoms in total. The fourth-order valence-corrected chi connectivity index (χ4v) is 3.05. The molecule has 2 aliphatic heterocycles. The lowest BCUT2D eigenvalue weighted by Gasteiger charge is -2.19. The Labute approximate surface area is 150 Å². The quantitative estimate of drug-likeness (QED) is 0.855. The number of fused-ring (bicyclic) bond motifs is 1. The highest BCUT2D eigenvalue weighted by Crippen LogP contribution is 2.32. The topological polar surface area (TPSA) is 80.8 Å². The zero-order chi connectivity index (χ0) is 18.3. The average Bonchev–Trinajstić information content (AvgIpc) is 3.18. The van der Waals surface area contributed by atoms with Crippen LogP contribution in [0.25, 0.3) is 0 Å². The molecule has 0 bridgehead atoms. The molecule has 0 saturated carbocycles. The number of aromatic nitrogens is 1. The van der Waals surface area contributed by atoms with Crippen LogP contribution in [0, 0.1) is 0 Å². The molecule has 134 valence electrons. The summed E-state index contributed by atoms with van der Waals surface area (Å²) in [5, 5.41) is 2.72. The maximum absolute atomic E-state index is 12.6. The number of ether oxygens (including phenoxy) is 2. The third-order valence-corrected chi connectivity index (χ3v) is 4.80. The lowest BCUT2D eigenvalue weighted by Crippen LogP contribution is -2.43. The summed E-state index contributed by atoms with van der Waals surface area (Å²) in [7, 11) is 0. The van der Waals surface area contributed by atoms with Gasteiger partial charge in [0.15, 0.2) is 0 Å². The number of carbonyl (C=O) groups is 2. The second-order valence-electron chi connectivity index (χ2n) is 6.56. The number of hydrogen-bond acceptors (Lipinski definition) is 5. The fourth-order valence-electron chi connectivity index (χ4n) is 3.05. The molecule has 1 N–H and O–H groups in total. The summed E-state index contributed by atoms with van der Waals surface area (Å²) < 4.78 is 11.3. The SMILES string of the molecule is CCC1(C)NC(=O)N(c2cccc(Oc3ccc4c(c3)OCC4)n2)C1=O. The van der Waals surface area contributed by atoms with Crippen LogP contribution in [0.4, 0.5) is 10.6 Å². The molecule has 0 radical (unpaired) electrons. The number of anilines is 1. The van der Waals surface area contributed by atoms with Gasteiger partial charge in [-0.3, -0.25) is 4.79 Å². The van der Waals surface area contributed by atoms with E-state index in [4.69, 9.17) is 9.47 Å². The summed E-state index contributed by atoms with van der Waals surface area (Å²) in [5.74, 6) is 1.61. The highest BCUT2D eigenvalue weighted by molar-refractivity contribution is 6.22. The molecule has 1 saturated heterocycles. The molecule has 1 unspecified atom stereocenters. The van der Waals surface area contributed by atoms with Crippen LogP contribution in [0.2, 0.25) is 0 Å². The summed E-state index contributed by atoms with van der Waals surface area (Å²) in [4.78, 5) is 30.2. The summed E-state index contributed by atoms with van der Waals surface area (Å²) in [6.45, 7) is 4.23. The molecule has 1 aromatic carbocycles. The number of amides is 3. The molecule has 1 aromatic heterocycles. The molecule has 1 atom stereocenters. The maximum atomic E-state index is 12.6. The Morgan fingerprint density at radius 2 is 2.15 bits per heavy atom. The Balaban J connectivity index is 1.59. The van der Waals surface area contributed by atoms with Gasteiger partial charge in [-0.05, 0) is 31.0 Å². The molecule has 26 heavy (non-hydrogen) atoms. The van der Waals surface area contributed by atoms with Crippen molar-refractivity contribution in [3.63, 3.8) is 0 Å². The lowest BCUT2D eigenvalue weighted by molar-refractivity contribution is -0.121. The lowest BCUT2D eigenvalue weighted by atomic mass is 9.99. The first-order valence-corrected chi connectivity index (χ1v) is 8.57. The van der Waals surface area contributed by atoms with Crippen LogP contribution in [-0.2, 0) is 11.2 Å². The minimum atomic E-state index is -0.910. The molecular formula is C19H19N3O4. The first-order valence-electron chi connectivity index (χ1n) is 8.57. The van der Waals surface area contributed by atoms with E-state index < -0.39 is 11.6 Å². The number of nitrogens with one attached hydrogen (secondary N) is 1. The van der Waals surface area contributed by atoms with E-state index in [-0.39, 0.29) is 11.7 Å². The van der Waals surface area contributed by atoms with Crippen LogP contribution in [0.1, 0.15) is 25.8 Å². The third-order valence-electron chi connectivity index (χ3n) is 4.80. The van der Waals surface area contributed by atoms with Crippen LogP contribution in [0.3, 0.4) is 0 Å². The number of benzene rings is 1. The van der Waals surface area contributed by atoms with Gasteiger partial charge >= 0.3 is 6.03 Å². The number of rotatable bonds is 4. The van der Waals surface area contributed by atoms with Gasteiger partial charge in [-0.1, -0.05) is 19.1 Å². The highest BCUT2D eigenvalue weighted by Gasteiger charge is 2.47. The van der Waals surface area contributed by atoms with Crippen LogP contribution in [0.15, 0.2) is 36.4 Å². The summed E-state index contributed by atoms with van der Waals surface area (Å²) in [5.41, 5.74) is 0.240. The van der Waals surface area contributed by atoms with E-state index in [1.807, 2.05) is 25.1 Å². The number of carbonyl (C=O) groups excluding carboxylic acids is 2. The predicted octanol–water partition coefficient (Wildman–Crippen LogP) is 3.03. The number of imide groups is 1. The van der Waals surface area contributed by atoms with Crippen molar-refractivity contribution in [3.05, 3.63) is 42.0 Å². The molecule has 2 aliphatic rings. The summed E-state index contributed by atoms with van der Waals surface area (Å²) in [6, 6.07) is 10.1. The molecule has 1 fully saturated rings. The van der Waals surface area contributed by atoms with Crippen molar-refractivity contribution in [3.8, 4) is 17.4 Å². The van der Waals surface area contributed by atoms with E-state index in [9.17, 15) is 9.59 Å². The van der Waals surface area contributed by atoms with Crippen molar-refractivity contribution in [1.29, 1.82) is 0 Å². The second kappa shape index (κ2) is 6.01. The van der Waals surface area contributed by atoms with E-state index in [0.29, 0.717) is 24.7 Å². The first kappa shape index (κ1) is 16.4. The summed E-state index contributed by atoms with van der Waals surface area (Å²) >= 11 is 0. The van der Waals surface area contributed by atoms with E-state index in [0.717, 1.165) is 22.6 Å². The Kier molecular flexibility index (Phi) is 3.79. The Bertz CT molecular complexity index is 898. The first-order chi connectivity index (χ1) is 12.5. The maximum Gasteiger partial charge on any atom is 0.330 e. The van der Waals surface area contributed by atoms with Gasteiger partial charge in [-0.25, -0.2) is 9.69 Å². The van der Waals surface area contributed by atoms with Crippen molar-refractivity contribution >= 4 is 17.8 Å². The van der Waals surface area contributed by atoms with Crippen LogP contribution in [-0.4, -0.2) is 29.1 Å². The molecule has 4 rings (SSSR count). The van der Waals surface area contributed by atoms with Crippen molar-refractivity contribution < 1.29 is 19.1 Å². The largest absolute Gasteiger partial charge is 0.493 e. The van der Waals surface area contributed by atoms with Gasteiger partial charge in [0.05, 0.1) is 6.61 Å². The van der Waals surface area contributed by atoms with Crippen LogP contribution in [0.5, 0.6) is 17.4 Å².